The van der Waals surface area contributed by atoms with E-state index in [4.69, 9.17) is 5.11 Å². The smallest absolute Gasteiger partial charge is 0.309 e. The molecule has 5 heteroatoms. The lowest BCUT2D eigenvalue weighted by molar-refractivity contribution is -0.147. The number of nitrogens with one attached hydrogen (secondary N) is 1. The van der Waals surface area contributed by atoms with Gasteiger partial charge in [-0.3, -0.25) is 9.48 Å². The Bertz CT molecular complexity index is 436. The van der Waals surface area contributed by atoms with Crippen molar-refractivity contribution in [2.24, 2.45) is 5.41 Å². The van der Waals surface area contributed by atoms with E-state index in [1.807, 2.05) is 11.6 Å². The van der Waals surface area contributed by atoms with Crippen molar-refractivity contribution in [3.05, 3.63) is 17.5 Å². The van der Waals surface area contributed by atoms with Crippen LogP contribution in [-0.4, -0.2) is 27.4 Å². The highest BCUT2D eigenvalue weighted by molar-refractivity contribution is 5.73. The second-order valence-electron chi connectivity index (χ2n) is 5.93. The highest BCUT2D eigenvalue weighted by atomic mass is 16.4. The van der Waals surface area contributed by atoms with E-state index >= 15 is 0 Å². The topological polar surface area (TPSA) is 67.2 Å². The van der Waals surface area contributed by atoms with E-state index in [1.54, 1.807) is 13.8 Å². The summed E-state index contributed by atoms with van der Waals surface area (Å²) in [6, 6.07) is 0.360. The minimum atomic E-state index is -0.752. The molecule has 1 aromatic heterocycles. The van der Waals surface area contributed by atoms with Crippen LogP contribution in [0.15, 0.2) is 6.20 Å². The van der Waals surface area contributed by atoms with Gasteiger partial charge in [0.1, 0.15) is 0 Å². The van der Waals surface area contributed by atoms with Gasteiger partial charge in [-0.25, -0.2) is 0 Å². The van der Waals surface area contributed by atoms with Crippen LogP contribution in [0.3, 0.4) is 0 Å². The third-order valence-corrected chi connectivity index (χ3v) is 3.37. The summed E-state index contributed by atoms with van der Waals surface area (Å²) in [5.74, 6) is -0.752. The van der Waals surface area contributed by atoms with Gasteiger partial charge < -0.3 is 10.4 Å². The molecule has 0 aliphatic rings. The third kappa shape index (κ3) is 4.35. The maximum absolute atomic E-state index is 11.0. The molecule has 1 heterocycles. The Kier molecular flexibility index (Phi) is 5.11. The van der Waals surface area contributed by atoms with Crippen molar-refractivity contribution in [2.45, 2.75) is 53.6 Å². The number of hydrogen-bond acceptors (Lipinski definition) is 3. The molecular weight excluding hydrogens is 242 g/mol. The summed E-state index contributed by atoms with van der Waals surface area (Å²) < 4.78 is 1.95. The van der Waals surface area contributed by atoms with Gasteiger partial charge >= 0.3 is 5.97 Å². The molecule has 0 aromatic carbocycles. The zero-order valence-corrected chi connectivity index (χ0v) is 12.5. The Labute approximate surface area is 115 Å². The SMILES string of the molecule is Cc1nn(C(C)C)cc1CNCCC(C)(C)C(=O)O. The van der Waals surface area contributed by atoms with E-state index < -0.39 is 11.4 Å². The number of carbonyl (C=O) groups is 1. The van der Waals surface area contributed by atoms with Crippen molar-refractivity contribution in [3.63, 3.8) is 0 Å². The first-order chi connectivity index (χ1) is 8.74. The molecule has 2 N–H and O–H groups in total. The van der Waals surface area contributed by atoms with Crippen LogP contribution in [0, 0.1) is 12.3 Å². The fourth-order valence-corrected chi connectivity index (χ4v) is 1.69. The number of rotatable bonds is 7. The first kappa shape index (κ1) is 15.7. The summed E-state index contributed by atoms with van der Waals surface area (Å²) in [6.07, 6.45) is 2.66. The van der Waals surface area contributed by atoms with E-state index in [9.17, 15) is 4.79 Å². The molecule has 108 valence electrons. The molecular formula is C14H25N3O2. The van der Waals surface area contributed by atoms with Gasteiger partial charge in [0.15, 0.2) is 0 Å². The normalized spacial score (nSPS) is 12.1. The summed E-state index contributed by atoms with van der Waals surface area (Å²) in [5, 5.41) is 16.8. The molecule has 0 spiro atoms. The molecule has 1 aromatic rings. The fraction of sp³-hybridized carbons (Fsp3) is 0.714. The Morgan fingerprint density at radius 2 is 2.16 bits per heavy atom. The molecule has 0 unspecified atom stereocenters. The molecule has 19 heavy (non-hydrogen) atoms. The summed E-state index contributed by atoms with van der Waals surface area (Å²) in [7, 11) is 0. The summed E-state index contributed by atoms with van der Waals surface area (Å²) in [4.78, 5) is 11.0. The van der Waals surface area contributed by atoms with E-state index in [2.05, 4.69) is 30.5 Å². The van der Waals surface area contributed by atoms with E-state index in [0.717, 1.165) is 12.2 Å². The number of carboxylic acid groups (broad SMARTS) is 1. The van der Waals surface area contributed by atoms with Gasteiger partial charge in [-0.1, -0.05) is 0 Å². The molecule has 0 saturated carbocycles. The van der Waals surface area contributed by atoms with Crippen LogP contribution in [0.2, 0.25) is 0 Å². The van der Waals surface area contributed by atoms with Gasteiger partial charge in [-0.2, -0.15) is 5.10 Å². The average molecular weight is 267 g/mol. The molecule has 5 nitrogen and oxygen atoms in total. The van der Waals surface area contributed by atoms with Gasteiger partial charge in [0.2, 0.25) is 0 Å². The molecule has 1 rings (SSSR count). The Hall–Kier alpha value is -1.36. The number of aryl methyl sites for hydroxylation is 1. The number of nitrogens with zero attached hydrogens (tertiary/aromatic N) is 2. The summed E-state index contributed by atoms with van der Waals surface area (Å²) in [5.41, 5.74) is 1.52. The predicted molar refractivity (Wildman–Crippen MR) is 75.1 cm³/mol. The van der Waals surface area contributed by atoms with Crippen molar-refractivity contribution in [1.82, 2.24) is 15.1 Å². The Balaban J connectivity index is 2.44. The minimum absolute atomic E-state index is 0.360. The fourth-order valence-electron chi connectivity index (χ4n) is 1.69. The van der Waals surface area contributed by atoms with Crippen molar-refractivity contribution < 1.29 is 9.90 Å². The van der Waals surface area contributed by atoms with Gasteiger partial charge in [0, 0.05) is 24.3 Å². The predicted octanol–water partition coefficient (Wildman–Crippen LogP) is 2.36. The molecule has 0 radical (unpaired) electrons. The maximum atomic E-state index is 11.0. The molecule has 0 fully saturated rings. The third-order valence-electron chi connectivity index (χ3n) is 3.37. The van der Waals surface area contributed by atoms with Crippen molar-refractivity contribution in [2.75, 3.05) is 6.54 Å². The van der Waals surface area contributed by atoms with Crippen LogP contribution < -0.4 is 5.32 Å². The lowest BCUT2D eigenvalue weighted by atomic mass is 9.90. The highest BCUT2D eigenvalue weighted by Crippen LogP contribution is 2.19. The van der Waals surface area contributed by atoms with Gasteiger partial charge in [-0.15, -0.1) is 0 Å². The lowest BCUT2D eigenvalue weighted by Gasteiger charge is -2.18. The second kappa shape index (κ2) is 6.19. The van der Waals surface area contributed by atoms with Crippen LogP contribution in [0.25, 0.3) is 0 Å². The quantitative estimate of drug-likeness (QED) is 0.744. The van der Waals surface area contributed by atoms with Crippen molar-refractivity contribution in [1.29, 1.82) is 0 Å². The Morgan fingerprint density at radius 1 is 1.53 bits per heavy atom. The monoisotopic (exact) mass is 267 g/mol. The van der Waals surface area contributed by atoms with Crippen LogP contribution in [0.1, 0.15) is 51.4 Å². The van der Waals surface area contributed by atoms with Crippen LogP contribution in [0.5, 0.6) is 0 Å². The zero-order chi connectivity index (χ0) is 14.6. The molecule has 0 aliphatic heterocycles. The number of aliphatic carboxylic acids is 1. The molecule has 0 atom stereocenters. The lowest BCUT2D eigenvalue weighted by Crippen LogP contribution is -2.28. The Morgan fingerprint density at radius 3 is 2.63 bits per heavy atom. The van der Waals surface area contributed by atoms with Gasteiger partial charge in [0.25, 0.3) is 0 Å². The summed E-state index contributed by atoms with van der Waals surface area (Å²) in [6.45, 7) is 11.1. The van der Waals surface area contributed by atoms with Crippen LogP contribution >= 0.6 is 0 Å². The van der Waals surface area contributed by atoms with Crippen LogP contribution in [-0.2, 0) is 11.3 Å². The second-order valence-corrected chi connectivity index (χ2v) is 5.93. The van der Waals surface area contributed by atoms with E-state index in [0.29, 0.717) is 19.0 Å². The van der Waals surface area contributed by atoms with Crippen molar-refractivity contribution in [3.8, 4) is 0 Å². The minimum Gasteiger partial charge on any atom is -0.481 e. The molecule has 0 saturated heterocycles. The zero-order valence-electron chi connectivity index (χ0n) is 12.5. The van der Waals surface area contributed by atoms with Gasteiger partial charge in [0.05, 0.1) is 11.1 Å². The van der Waals surface area contributed by atoms with Crippen LogP contribution in [0.4, 0.5) is 0 Å². The number of aromatic nitrogens is 2. The average Bonchev–Trinajstić information content (AvgIpc) is 2.66. The van der Waals surface area contributed by atoms with Gasteiger partial charge in [-0.05, 0) is 47.6 Å². The molecule has 0 amide bonds. The summed E-state index contributed by atoms with van der Waals surface area (Å²) >= 11 is 0. The van der Waals surface area contributed by atoms with E-state index in [1.165, 1.54) is 5.56 Å². The molecule has 0 aliphatic carbocycles. The first-order valence-electron chi connectivity index (χ1n) is 6.73. The number of carboxylic acids is 1. The first-order valence-corrected chi connectivity index (χ1v) is 6.73. The molecule has 0 bridgehead atoms. The van der Waals surface area contributed by atoms with Crippen molar-refractivity contribution >= 4 is 5.97 Å². The number of hydrogen-bond donors (Lipinski definition) is 2. The highest BCUT2D eigenvalue weighted by Gasteiger charge is 2.26. The maximum Gasteiger partial charge on any atom is 0.309 e. The standard InChI is InChI=1S/C14H25N3O2/c1-10(2)17-9-12(11(3)16-17)8-15-7-6-14(4,5)13(18)19/h9-10,15H,6-8H2,1-5H3,(H,18,19). The van der Waals surface area contributed by atoms with E-state index in [-0.39, 0.29) is 0 Å². The largest absolute Gasteiger partial charge is 0.481 e.